The summed E-state index contributed by atoms with van der Waals surface area (Å²) in [7, 11) is 0. The van der Waals surface area contributed by atoms with Gasteiger partial charge in [0.05, 0.1) is 0 Å². The van der Waals surface area contributed by atoms with Gasteiger partial charge in [-0.15, -0.1) is 24.0 Å². The fourth-order valence-corrected chi connectivity index (χ4v) is 3.76. The molecule has 32 heavy (non-hydrogen) atoms. The van der Waals surface area contributed by atoms with Crippen LogP contribution in [0, 0.1) is 0 Å². The quantitative estimate of drug-likeness (QED) is 0.167. The van der Waals surface area contributed by atoms with Gasteiger partial charge in [0.15, 0.2) is 5.96 Å². The molecule has 0 saturated carbocycles. The second-order valence-electron chi connectivity index (χ2n) is 7.50. The molecule has 6 nitrogen and oxygen atoms in total. The van der Waals surface area contributed by atoms with Gasteiger partial charge < -0.3 is 20.2 Å². The largest absolute Gasteiger partial charge is 0.361 e. The molecule has 0 radical (unpaired) electrons. The molecular formula is C25H31IN6. The molecule has 4 rings (SSSR count). The average Bonchev–Trinajstić information content (AvgIpc) is 3.41. The number of hydrogen-bond acceptors (Lipinski definition) is 2. The lowest BCUT2D eigenvalue weighted by Crippen LogP contribution is -2.38. The minimum atomic E-state index is 0. The van der Waals surface area contributed by atoms with E-state index in [4.69, 9.17) is 4.99 Å². The first kappa shape index (κ1) is 23.8. The molecule has 2 heterocycles. The van der Waals surface area contributed by atoms with Crippen molar-refractivity contribution in [2.24, 2.45) is 4.99 Å². The number of benzene rings is 2. The van der Waals surface area contributed by atoms with Crippen LogP contribution >= 0.6 is 24.0 Å². The smallest absolute Gasteiger partial charge is 0.191 e. The molecule has 0 aliphatic heterocycles. The number of para-hydroxylation sites is 1. The molecule has 0 unspecified atom stereocenters. The van der Waals surface area contributed by atoms with Gasteiger partial charge in [0, 0.05) is 62.1 Å². The van der Waals surface area contributed by atoms with Crippen molar-refractivity contribution in [3.05, 3.63) is 90.1 Å². The fourth-order valence-electron chi connectivity index (χ4n) is 3.76. The number of fused-ring (bicyclic) bond motifs is 1. The summed E-state index contributed by atoms with van der Waals surface area (Å²) in [5.41, 5.74) is 3.78. The summed E-state index contributed by atoms with van der Waals surface area (Å²) in [5.74, 6) is 1.91. The number of halogens is 1. The molecule has 0 fully saturated rings. The Morgan fingerprint density at radius 2 is 1.84 bits per heavy atom. The Kier molecular flexibility index (Phi) is 9.15. The van der Waals surface area contributed by atoms with E-state index in [0.29, 0.717) is 6.54 Å². The Hall–Kier alpha value is -2.81. The number of aromatic amines is 1. The molecular weight excluding hydrogens is 511 g/mol. The van der Waals surface area contributed by atoms with Crippen molar-refractivity contribution < 1.29 is 0 Å². The van der Waals surface area contributed by atoms with Gasteiger partial charge in [-0.2, -0.15) is 0 Å². The summed E-state index contributed by atoms with van der Waals surface area (Å²) in [6.07, 6.45) is 7.75. The van der Waals surface area contributed by atoms with Crippen molar-refractivity contribution in [1.29, 1.82) is 0 Å². The van der Waals surface area contributed by atoms with E-state index in [-0.39, 0.29) is 24.0 Å². The first-order chi connectivity index (χ1) is 15.3. The zero-order valence-electron chi connectivity index (χ0n) is 18.4. The van der Waals surface area contributed by atoms with Crippen LogP contribution in [0.1, 0.15) is 23.9 Å². The number of rotatable bonds is 9. The van der Waals surface area contributed by atoms with Gasteiger partial charge in [-0.3, -0.25) is 4.99 Å². The van der Waals surface area contributed by atoms with E-state index in [2.05, 4.69) is 86.8 Å². The number of H-pyrrole nitrogens is 1. The molecule has 0 aliphatic carbocycles. The fraction of sp³-hybridized carbons (Fsp3) is 0.280. The Balaban J connectivity index is 0.00000289. The first-order valence-corrected chi connectivity index (χ1v) is 10.9. The maximum atomic E-state index is 4.75. The van der Waals surface area contributed by atoms with E-state index in [0.717, 1.165) is 44.3 Å². The maximum absolute atomic E-state index is 4.75. The lowest BCUT2D eigenvalue weighted by atomic mass is 10.1. The number of aromatic nitrogens is 3. The molecule has 0 bridgehead atoms. The Bertz CT molecular complexity index is 1120. The molecule has 0 aliphatic rings. The van der Waals surface area contributed by atoms with Gasteiger partial charge in [0.2, 0.25) is 0 Å². The molecule has 2 aromatic carbocycles. The third kappa shape index (κ3) is 6.35. The molecule has 0 spiro atoms. The third-order valence-electron chi connectivity index (χ3n) is 5.31. The number of guanidine groups is 1. The molecule has 0 atom stereocenters. The minimum Gasteiger partial charge on any atom is -0.361 e. The van der Waals surface area contributed by atoms with Crippen LogP contribution in [0.5, 0.6) is 0 Å². The molecule has 0 saturated heterocycles. The highest BCUT2D eigenvalue weighted by atomic mass is 127. The Morgan fingerprint density at radius 3 is 2.69 bits per heavy atom. The molecule has 0 amide bonds. The first-order valence-electron chi connectivity index (χ1n) is 10.9. The number of nitrogens with one attached hydrogen (secondary N) is 3. The standard InChI is InChI=1S/C25H30N6.HI/c1-2-26-25(28-14-12-21-18-30-23-11-7-6-10-22(21)23)29-15-13-24-27-16-17-31(24)19-20-8-4-3-5-9-20;/h3-11,16-18,30H,2,12-15,19H2,1H3,(H2,26,28,29);1H. The van der Waals surface area contributed by atoms with Crippen LogP contribution in [0.25, 0.3) is 10.9 Å². The number of aliphatic imine (C=N–C) groups is 1. The number of hydrogen-bond donors (Lipinski definition) is 3. The molecule has 3 N–H and O–H groups in total. The van der Waals surface area contributed by atoms with Crippen LogP contribution in [-0.2, 0) is 19.4 Å². The van der Waals surface area contributed by atoms with Crippen molar-refractivity contribution >= 4 is 40.8 Å². The summed E-state index contributed by atoms with van der Waals surface area (Å²) in [4.78, 5) is 12.6. The third-order valence-corrected chi connectivity index (χ3v) is 5.31. The molecule has 2 aromatic heterocycles. The lowest BCUT2D eigenvalue weighted by molar-refractivity contribution is 0.712. The van der Waals surface area contributed by atoms with E-state index in [9.17, 15) is 0 Å². The summed E-state index contributed by atoms with van der Waals surface area (Å²) in [5, 5.41) is 8.08. The van der Waals surface area contributed by atoms with Crippen molar-refractivity contribution in [2.45, 2.75) is 26.3 Å². The monoisotopic (exact) mass is 542 g/mol. The predicted molar refractivity (Wildman–Crippen MR) is 143 cm³/mol. The van der Waals surface area contributed by atoms with Gasteiger partial charge in [0.25, 0.3) is 0 Å². The van der Waals surface area contributed by atoms with Gasteiger partial charge in [0.1, 0.15) is 5.82 Å². The van der Waals surface area contributed by atoms with Gasteiger partial charge in [-0.1, -0.05) is 48.5 Å². The minimum absolute atomic E-state index is 0. The van der Waals surface area contributed by atoms with Crippen molar-refractivity contribution in [1.82, 2.24) is 25.2 Å². The zero-order chi connectivity index (χ0) is 21.3. The summed E-state index contributed by atoms with van der Waals surface area (Å²) < 4.78 is 2.20. The molecule has 168 valence electrons. The van der Waals surface area contributed by atoms with E-state index in [1.807, 2.05) is 18.5 Å². The number of nitrogens with zero attached hydrogens (tertiary/aromatic N) is 3. The Morgan fingerprint density at radius 1 is 1.03 bits per heavy atom. The van der Waals surface area contributed by atoms with Crippen molar-refractivity contribution in [2.75, 3.05) is 19.6 Å². The van der Waals surface area contributed by atoms with Crippen LogP contribution in [0.3, 0.4) is 0 Å². The van der Waals surface area contributed by atoms with Crippen LogP contribution in [-0.4, -0.2) is 40.1 Å². The predicted octanol–water partition coefficient (Wildman–Crippen LogP) is 4.37. The van der Waals surface area contributed by atoms with Crippen LogP contribution in [0.15, 0.2) is 78.2 Å². The van der Waals surface area contributed by atoms with Crippen LogP contribution in [0.4, 0.5) is 0 Å². The Labute approximate surface area is 206 Å². The van der Waals surface area contributed by atoms with Crippen molar-refractivity contribution in [3.8, 4) is 0 Å². The van der Waals surface area contributed by atoms with Crippen molar-refractivity contribution in [3.63, 3.8) is 0 Å². The lowest BCUT2D eigenvalue weighted by Gasteiger charge is -2.11. The highest BCUT2D eigenvalue weighted by Gasteiger charge is 2.05. The maximum Gasteiger partial charge on any atom is 0.191 e. The van der Waals surface area contributed by atoms with E-state index >= 15 is 0 Å². The van der Waals surface area contributed by atoms with Gasteiger partial charge in [-0.05, 0) is 30.5 Å². The summed E-state index contributed by atoms with van der Waals surface area (Å²) in [6, 6.07) is 18.9. The second-order valence-corrected chi connectivity index (χ2v) is 7.50. The highest BCUT2D eigenvalue weighted by molar-refractivity contribution is 14.0. The number of imidazole rings is 1. The topological polar surface area (TPSA) is 70.0 Å². The zero-order valence-corrected chi connectivity index (χ0v) is 20.8. The van der Waals surface area contributed by atoms with Gasteiger partial charge in [-0.25, -0.2) is 4.98 Å². The van der Waals surface area contributed by atoms with E-state index < -0.39 is 0 Å². The SMILES string of the molecule is CCNC(=NCCc1nccn1Cc1ccccc1)NCCc1c[nH]c2ccccc12.I. The van der Waals surface area contributed by atoms with E-state index in [1.165, 1.54) is 22.0 Å². The second kappa shape index (κ2) is 12.3. The molecule has 7 heteroatoms. The molecule has 4 aromatic rings. The summed E-state index contributed by atoms with van der Waals surface area (Å²) >= 11 is 0. The van der Waals surface area contributed by atoms with Crippen LogP contribution < -0.4 is 10.6 Å². The van der Waals surface area contributed by atoms with Gasteiger partial charge >= 0.3 is 0 Å². The normalized spacial score (nSPS) is 11.3. The van der Waals surface area contributed by atoms with E-state index in [1.54, 1.807) is 0 Å². The summed E-state index contributed by atoms with van der Waals surface area (Å²) in [6.45, 7) is 5.28. The highest BCUT2D eigenvalue weighted by Crippen LogP contribution is 2.17. The van der Waals surface area contributed by atoms with Crippen LogP contribution in [0.2, 0.25) is 0 Å². The average molecular weight is 542 g/mol.